The number of nitrogens with zero attached hydrogens (tertiary/aromatic N) is 1. The summed E-state index contributed by atoms with van der Waals surface area (Å²) < 4.78 is 0. The van der Waals surface area contributed by atoms with Crippen LogP contribution in [0.2, 0.25) is 0 Å². The van der Waals surface area contributed by atoms with E-state index in [1.54, 1.807) is 4.90 Å². The Balaban J connectivity index is 1.18. The summed E-state index contributed by atoms with van der Waals surface area (Å²) in [4.78, 5) is 67.9. The van der Waals surface area contributed by atoms with Gasteiger partial charge in [-0.3, -0.25) is 19.2 Å². The lowest BCUT2D eigenvalue weighted by Crippen LogP contribution is -2.65. The molecule has 1 unspecified atom stereocenters. The van der Waals surface area contributed by atoms with Gasteiger partial charge in [0.1, 0.15) is 12.1 Å². The van der Waals surface area contributed by atoms with Crippen LogP contribution in [0.3, 0.4) is 0 Å². The van der Waals surface area contributed by atoms with Crippen LogP contribution in [0.1, 0.15) is 98.8 Å². The summed E-state index contributed by atoms with van der Waals surface area (Å²) in [5, 5.41) is 9.22. The van der Waals surface area contributed by atoms with Gasteiger partial charge in [0.2, 0.25) is 17.6 Å². The molecule has 238 valence electrons. The fraction of sp³-hybridized carbons (Fsp3) is 0.848. The number of hydrogen-bond donors (Lipinski definition) is 4. The van der Waals surface area contributed by atoms with Crippen molar-refractivity contribution in [2.45, 2.75) is 122 Å². The van der Waals surface area contributed by atoms with E-state index in [2.05, 4.69) is 29.8 Å². The van der Waals surface area contributed by atoms with Crippen LogP contribution in [0.5, 0.6) is 0 Å². The van der Waals surface area contributed by atoms with Gasteiger partial charge in [-0.25, -0.2) is 4.79 Å². The molecule has 10 nitrogen and oxygen atoms in total. The molecule has 5 atom stereocenters. The summed E-state index contributed by atoms with van der Waals surface area (Å²) in [7, 11) is 0. The zero-order valence-electron chi connectivity index (χ0n) is 26.5. The van der Waals surface area contributed by atoms with Crippen LogP contribution < -0.4 is 21.7 Å². The molecule has 1 saturated heterocycles. The second-order valence-electron chi connectivity index (χ2n) is 16.8. The number of rotatable bonds is 9. The topological polar surface area (TPSA) is 151 Å². The molecule has 6 aliphatic carbocycles. The summed E-state index contributed by atoms with van der Waals surface area (Å²) in [5.41, 5.74) is 4.43. The Bertz CT molecular complexity index is 1170. The first-order valence-electron chi connectivity index (χ1n) is 16.6. The normalized spacial score (nSPS) is 36.6. The minimum absolute atomic E-state index is 0.0639. The predicted octanol–water partition coefficient (Wildman–Crippen LogP) is 2.88. The van der Waals surface area contributed by atoms with E-state index in [1.165, 1.54) is 19.3 Å². The lowest BCUT2D eigenvalue weighted by Gasteiger charge is -2.56. The van der Waals surface area contributed by atoms with Crippen molar-refractivity contribution >= 4 is 29.5 Å². The molecule has 0 aromatic heterocycles. The van der Waals surface area contributed by atoms with Crippen LogP contribution in [0, 0.1) is 46.3 Å². The predicted molar refractivity (Wildman–Crippen MR) is 160 cm³/mol. The van der Waals surface area contributed by atoms with Crippen molar-refractivity contribution in [3.8, 4) is 0 Å². The third-order valence-electron chi connectivity index (χ3n) is 12.2. The Morgan fingerprint density at radius 2 is 1.51 bits per heavy atom. The maximum Gasteiger partial charge on any atom is 0.315 e. The van der Waals surface area contributed by atoms with Crippen molar-refractivity contribution in [3.05, 3.63) is 0 Å². The molecular formula is C33H51N5O5. The quantitative estimate of drug-likeness (QED) is 0.302. The van der Waals surface area contributed by atoms with Crippen molar-refractivity contribution in [1.29, 1.82) is 0 Å². The summed E-state index contributed by atoms with van der Waals surface area (Å²) in [6.07, 6.45) is 10.2. The SMILES string of the molecule is CC(C)(C)[C@H](NC(=O)NC12CC3CC(CC(C3)C1)C2)C(=O)N1C[C@@H]2[C@H]([C@H]1C(=O)NC(CC1CCC1)C(=O)C(N)=O)C2(C)C. The van der Waals surface area contributed by atoms with Gasteiger partial charge in [0.25, 0.3) is 5.91 Å². The van der Waals surface area contributed by atoms with Gasteiger partial charge in [-0.15, -0.1) is 0 Å². The van der Waals surface area contributed by atoms with Crippen molar-refractivity contribution in [2.24, 2.45) is 52.1 Å². The second-order valence-corrected chi connectivity index (χ2v) is 16.8. The van der Waals surface area contributed by atoms with E-state index in [9.17, 15) is 24.0 Å². The molecule has 1 aliphatic heterocycles. The zero-order chi connectivity index (χ0) is 31.1. The van der Waals surface area contributed by atoms with Crippen LogP contribution in [-0.2, 0) is 19.2 Å². The summed E-state index contributed by atoms with van der Waals surface area (Å²) in [6.45, 7) is 10.4. The molecule has 4 bridgehead atoms. The smallest absolute Gasteiger partial charge is 0.315 e. The van der Waals surface area contributed by atoms with E-state index in [4.69, 9.17) is 5.73 Å². The number of fused-ring (bicyclic) bond motifs is 1. The lowest BCUT2D eigenvalue weighted by atomic mass is 9.53. The molecule has 1 heterocycles. The number of likely N-dealkylation sites (tertiary alicyclic amines) is 1. The van der Waals surface area contributed by atoms with Gasteiger partial charge in [0.15, 0.2) is 0 Å². The molecule has 10 heteroatoms. The number of carbonyl (C=O) groups is 5. The van der Waals surface area contributed by atoms with Crippen molar-refractivity contribution in [3.63, 3.8) is 0 Å². The van der Waals surface area contributed by atoms with Crippen LogP contribution in [0.25, 0.3) is 0 Å². The van der Waals surface area contributed by atoms with Crippen molar-refractivity contribution in [2.75, 3.05) is 6.54 Å². The van der Waals surface area contributed by atoms with E-state index < -0.39 is 41.1 Å². The van der Waals surface area contributed by atoms with Gasteiger partial charge in [-0.05, 0) is 91.3 Å². The molecule has 0 radical (unpaired) electrons. The van der Waals surface area contributed by atoms with E-state index in [0.717, 1.165) is 38.5 Å². The molecule has 0 aromatic carbocycles. The average Bonchev–Trinajstić information content (AvgIpc) is 3.18. The number of nitrogens with two attached hydrogens (primary N) is 1. The number of Topliss-reactive ketones (excluding diaryl/α,β-unsaturated/α-hetero) is 1. The van der Waals surface area contributed by atoms with Gasteiger partial charge in [-0.1, -0.05) is 53.9 Å². The molecule has 43 heavy (non-hydrogen) atoms. The molecule has 7 fully saturated rings. The van der Waals surface area contributed by atoms with Crippen molar-refractivity contribution < 1.29 is 24.0 Å². The molecule has 5 amide bonds. The summed E-state index contributed by atoms with van der Waals surface area (Å²) >= 11 is 0. The molecule has 7 rings (SSSR count). The Morgan fingerprint density at radius 1 is 0.930 bits per heavy atom. The third kappa shape index (κ3) is 5.56. The molecule has 0 aromatic rings. The van der Waals surface area contributed by atoms with Crippen molar-refractivity contribution in [1.82, 2.24) is 20.9 Å². The van der Waals surface area contributed by atoms with E-state index in [-0.39, 0.29) is 40.6 Å². The monoisotopic (exact) mass is 597 g/mol. The van der Waals surface area contributed by atoms with Gasteiger partial charge in [0.05, 0.1) is 6.04 Å². The van der Waals surface area contributed by atoms with Crippen LogP contribution >= 0.6 is 0 Å². The highest BCUT2D eigenvalue weighted by Gasteiger charge is 2.70. The summed E-state index contributed by atoms with van der Waals surface area (Å²) in [6, 6.07) is -2.92. The van der Waals surface area contributed by atoms with Crippen LogP contribution in [-0.4, -0.2) is 64.6 Å². The molecule has 5 N–H and O–H groups in total. The number of carbonyl (C=O) groups excluding carboxylic acids is 5. The first-order chi connectivity index (χ1) is 20.1. The number of hydrogen-bond acceptors (Lipinski definition) is 5. The molecular weight excluding hydrogens is 546 g/mol. The number of primary amides is 1. The van der Waals surface area contributed by atoms with Gasteiger partial charge >= 0.3 is 6.03 Å². The summed E-state index contributed by atoms with van der Waals surface area (Å²) in [5.74, 6) is -0.170. The third-order valence-corrected chi connectivity index (χ3v) is 12.2. The molecule has 0 spiro atoms. The lowest BCUT2D eigenvalue weighted by molar-refractivity contribution is -0.145. The van der Waals surface area contributed by atoms with Gasteiger partial charge in [-0.2, -0.15) is 0 Å². The largest absolute Gasteiger partial charge is 0.363 e. The molecule has 7 aliphatic rings. The van der Waals surface area contributed by atoms with Gasteiger partial charge < -0.3 is 26.6 Å². The number of ketones is 1. The maximum absolute atomic E-state index is 14.3. The molecule has 6 saturated carbocycles. The Hall–Kier alpha value is -2.65. The maximum atomic E-state index is 14.3. The van der Waals surface area contributed by atoms with E-state index >= 15 is 0 Å². The Kier molecular flexibility index (Phi) is 7.40. The first kappa shape index (κ1) is 30.4. The van der Waals surface area contributed by atoms with E-state index in [0.29, 0.717) is 30.7 Å². The van der Waals surface area contributed by atoms with Gasteiger partial charge in [0, 0.05) is 12.1 Å². The fourth-order valence-electron chi connectivity index (χ4n) is 10.0. The number of piperidine rings is 1. The minimum Gasteiger partial charge on any atom is -0.363 e. The Labute approximate surface area is 255 Å². The highest BCUT2D eigenvalue weighted by atomic mass is 16.2. The fourth-order valence-corrected chi connectivity index (χ4v) is 10.0. The van der Waals surface area contributed by atoms with Crippen LogP contribution in [0.15, 0.2) is 0 Å². The average molecular weight is 598 g/mol. The zero-order valence-corrected chi connectivity index (χ0v) is 26.5. The van der Waals surface area contributed by atoms with E-state index in [1.807, 2.05) is 20.8 Å². The standard InChI is InChI=1S/C33H51N5O5/c1-31(2,3)26(36-30(43)37-33-13-18-9-19(14-33)11-20(10-18)15-33)29(42)38-16-21-23(32(21,4)5)24(38)28(41)35-22(25(39)27(34)40)12-17-7-6-8-17/h17-24,26H,6-16H2,1-5H3,(H2,34,40)(H,35,41)(H2,36,37,43)/t18?,19?,20?,21-,22?,23-,24+,26-,33?/m1/s1. The van der Waals surface area contributed by atoms with Crippen LogP contribution in [0.4, 0.5) is 4.79 Å². The second kappa shape index (κ2) is 10.5. The number of urea groups is 1. The highest BCUT2D eigenvalue weighted by Crippen LogP contribution is 2.65. The first-order valence-corrected chi connectivity index (χ1v) is 16.6. The highest BCUT2D eigenvalue weighted by molar-refractivity contribution is 6.37. The Morgan fingerprint density at radius 3 is 2.00 bits per heavy atom. The number of nitrogens with one attached hydrogen (secondary N) is 3. The number of amides is 5. The minimum atomic E-state index is -1.06.